The summed E-state index contributed by atoms with van der Waals surface area (Å²) in [4.78, 5) is 11.6. The molecule has 0 radical (unpaired) electrons. The second kappa shape index (κ2) is 4.55. The van der Waals surface area contributed by atoms with Gasteiger partial charge < -0.3 is 9.73 Å². The number of hydrogen-bond acceptors (Lipinski definition) is 3. The summed E-state index contributed by atoms with van der Waals surface area (Å²) in [5, 5.41) is 3.03. The molecule has 1 atom stereocenters. The van der Waals surface area contributed by atoms with Gasteiger partial charge in [-0.3, -0.25) is 4.79 Å². The lowest BCUT2D eigenvalue weighted by Gasteiger charge is -2.07. The summed E-state index contributed by atoms with van der Waals surface area (Å²) >= 11 is 1.75. The number of thioether (sulfide) groups is 1. The number of rotatable bonds is 3. The highest BCUT2D eigenvalue weighted by Gasteiger charge is 2.22. The molecule has 1 aromatic heterocycles. The van der Waals surface area contributed by atoms with Crippen molar-refractivity contribution < 1.29 is 9.21 Å². The molecule has 1 amide bonds. The van der Waals surface area contributed by atoms with E-state index in [1.54, 1.807) is 18.0 Å². The van der Waals surface area contributed by atoms with E-state index in [-0.39, 0.29) is 11.2 Å². The minimum absolute atomic E-state index is 0.143. The Balaban J connectivity index is 1.77. The zero-order valence-corrected chi connectivity index (χ0v) is 8.68. The molecule has 2 heterocycles. The van der Waals surface area contributed by atoms with Crippen LogP contribution in [0.15, 0.2) is 22.8 Å². The molecule has 2 rings (SSSR count). The molecule has 1 saturated heterocycles. The van der Waals surface area contributed by atoms with Crippen molar-refractivity contribution in [3.63, 3.8) is 0 Å². The summed E-state index contributed by atoms with van der Waals surface area (Å²) in [6.45, 7) is 0.503. The third kappa shape index (κ3) is 2.32. The minimum atomic E-state index is 0.143. The van der Waals surface area contributed by atoms with Gasteiger partial charge in [-0.1, -0.05) is 0 Å². The van der Waals surface area contributed by atoms with E-state index >= 15 is 0 Å². The fourth-order valence-electron chi connectivity index (χ4n) is 1.49. The van der Waals surface area contributed by atoms with Crippen LogP contribution in [0.3, 0.4) is 0 Å². The fraction of sp³-hybridized carbons (Fsp3) is 0.500. The molecule has 1 fully saturated rings. The molecule has 1 aromatic rings. The van der Waals surface area contributed by atoms with Crippen molar-refractivity contribution in [2.24, 2.45) is 0 Å². The van der Waals surface area contributed by atoms with Crippen LogP contribution in [0, 0.1) is 0 Å². The smallest absolute Gasteiger partial charge is 0.233 e. The second-order valence-corrected chi connectivity index (χ2v) is 4.61. The second-order valence-electron chi connectivity index (χ2n) is 3.30. The number of furan rings is 1. The van der Waals surface area contributed by atoms with Crippen LogP contribution in [0.4, 0.5) is 0 Å². The van der Waals surface area contributed by atoms with E-state index in [1.165, 1.54) is 0 Å². The Kier molecular flexibility index (Phi) is 3.14. The number of hydrogen-bond donors (Lipinski definition) is 1. The zero-order chi connectivity index (χ0) is 9.80. The first-order valence-corrected chi connectivity index (χ1v) is 5.83. The Morgan fingerprint density at radius 1 is 1.71 bits per heavy atom. The van der Waals surface area contributed by atoms with Crippen molar-refractivity contribution in [1.29, 1.82) is 0 Å². The normalized spacial score (nSPS) is 21.0. The van der Waals surface area contributed by atoms with Crippen molar-refractivity contribution >= 4 is 17.7 Å². The maximum absolute atomic E-state index is 11.6. The maximum atomic E-state index is 11.6. The van der Waals surface area contributed by atoms with Crippen molar-refractivity contribution in [2.75, 3.05) is 5.75 Å². The van der Waals surface area contributed by atoms with Gasteiger partial charge in [-0.15, -0.1) is 11.8 Å². The quantitative estimate of drug-likeness (QED) is 0.828. The SMILES string of the molecule is O=C(NCc1ccco1)C1CCCS1. The van der Waals surface area contributed by atoms with Crippen molar-refractivity contribution in [1.82, 2.24) is 5.32 Å². The van der Waals surface area contributed by atoms with Gasteiger partial charge in [0.1, 0.15) is 5.76 Å². The molecule has 4 heteroatoms. The average Bonchev–Trinajstić information content (AvgIpc) is 2.87. The largest absolute Gasteiger partial charge is 0.467 e. The summed E-state index contributed by atoms with van der Waals surface area (Å²) in [6, 6.07) is 3.69. The maximum Gasteiger partial charge on any atom is 0.233 e. The molecule has 0 saturated carbocycles. The molecular formula is C10H13NO2S. The Hall–Kier alpha value is -0.900. The van der Waals surface area contributed by atoms with Gasteiger partial charge in [-0.2, -0.15) is 0 Å². The van der Waals surface area contributed by atoms with Crippen LogP contribution in [-0.4, -0.2) is 16.9 Å². The number of nitrogens with one attached hydrogen (secondary N) is 1. The van der Waals surface area contributed by atoms with Gasteiger partial charge in [0.25, 0.3) is 0 Å². The highest BCUT2D eigenvalue weighted by molar-refractivity contribution is 8.00. The monoisotopic (exact) mass is 211 g/mol. The first kappa shape index (κ1) is 9.65. The van der Waals surface area contributed by atoms with Gasteiger partial charge in [-0.25, -0.2) is 0 Å². The van der Waals surface area contributed by atoms with Gasteiger partial charge in [0.15, 0.2) is 0 Å². The van der Waals surface area contributed by atoms with E-state index in [2.05, 4.69) is 5.32 Å². The van der Waals surface area contributed by atoms with Gasteiger partial charge in [0.2, 0.25) is 5.91 Å². The number of carbonyl (C=O) groups is 1. The molecule has 3 nitrogen and oxygen atoms in total. The van der Waals surface area contributed by atoms with E-state index in [9.17, 15) is 4.79 Å². The van der Waals surface area contributed by atoms with Gasteiger partial charge >= 0.3 is 0 Å². The van der Waals surface area contributed by atoms with Crippen molar-refractivity contribution in [2.45, 2.75) is 24.6 Å². The van der Waals surface area contributed by atoms with Gasteiger partial charge in [0.05, 0.1) is 18.1 Å². The van der Waals surface area contributed by atoms with Crippen LogP contribution in [-0.2, 0) is 11.3 Å². The number of amides is 1. The molecule has 76 valence electrons. The zero-order valence-electron chi connectivity index (χ0n) is 7.86. The Morgan fingerprint density at radius 2 is 2.64 bits per heavy atom. The third-order valence-electron chi connectivity index (χ3n) is 2.24. The fourth-order valence-corrected chi connectivity index (χ4v) is 2.67. The summed E-state index contributed by atoms with van der Waals surface area (Å²) in [5.41, 5.74) is 0. The van der Waals surface area contributed by atoms with Crippen LogP contribution in [0.2, 0.25) is 0 Å². The molecule has 1 N–H and O–H groups in total. The Labute approximate surface area is 87.2 Å². The van der Waals surface area contributed by atoms with Crippen LogP contribution in [0.25, 0.3) is 0 Å². The first-order valence-electron chi connectivity index (χ1n) is 4.78. The molecule has 14 heavy (non-hydrogen) atoms. The molecule has 0 spiro atoms. The summed E-state index contributed by atoms with van der Waals surface area (Å²) in [5.74, 6) is 2.06. The van der Waals surface area contributed by atoms with E-state index in [0.29, 0.717) is 6.54 Å². The predicted octanol–water partition coefficient (Wildman–Crippen LogP) is 1.79. The van der Waals surface area contributed by atoms with Crippen LogP contribution in [0.5, 0.6) is 0 Å². The van der Waals surface area contributed by atoms with Crippen molar-refractivity contribution in [3.05, 3.63) is 24.2 Å². The molecule has 0 bridgehead atoms. The molecule has 1 aliphatic rings. The lowest BCUT2D eigenvalue weighted by atomic mass is 10.2. The highest BCUT2D eigenvalue weighted by atomic mass is 32.2. The molecule has 1 unspecified atom stereocenters. The van der Waals surface area contributed by atoms with Crippen molar-refractivity contribution in [3.8, 4) is 0 Å². The standard InChI is InChI=1S/C10H13NO2S/c12-10(9-4-2-6-14-9)11-7-8-3-1-5-13-8/h1,3,5,9H,2,4,6-7H2,(H,11,12). The average molecular weight is 211 g/mol. The third-order valence-corrected chi connectivity index (χ3v) is 3.62. The highest BCUT2D eigenvalue weighted by Crippen LogP contribution is 2.26. The summed E-state index contributed by atoms with van der Waals surface area (Å²) < 4.78 is 5.13. The van der Waals surface area contributed by atoms with Gasteiger partial charge in [-0.05, 0) is 30.7 Å². The topological polar surface area (TPSA) is 42.2 Å². The van der Waals surface area contributed by atoms with Crippen LogP contribution >= 0.6 is 11.8 Å². The van der Waals surface area contributed by atoms with Gasteiger partial charge in [0, 0.05) is 0 Å². The number of carbonyl (C=O) groups excluding carboxylic acids is 1. The summed E-state index contributed by atoms with van der Waals surface area (Å²) in [6.07, 6.45) is 3.78. The van der Waals surface area contributed by atoms with Crippen LogP contribution in [0.1, 0.15) is 18.6 Å². The molecule has 0 aliphatic carbocycles. The minimum Gasteiger partial charge on any atom is -0.467 e. The molecule has 1 aliphatic heterocycles. The first-order chi connectivity index (χ1) is 6.86. The lowest BCUT2D eigenvalue weighted by Crippen LogP contribution is -2.30. The molecule has 0 aromatic carbocycles. The van der Waals surface area contributed by atoms with E-state index in [1.807, 2.05) is 12.1 Å². The molecular weight excluding hydrogens is 198 g/mol. The van der Waals surface area contributed by atoms with E-state index in [0.717, 1.165) is 24.4 Å². The summed E-state index contributed by atoms with van der Waals surface area (Å²) in [7, 11) is 0. The van der Waals surface area contributed by atoms with E-state index < -0.39 is 0 Å². The lowest BCUT2D eigenvalue weighted by molar-refractivity contribution is -0.120. The predicted molar refractivity (Wildman–Crippen MR) is 56.0 cm³/mol. The van der Waals surface area contributed by atoms with Crippen LogP contribution < -0.4 is 5.32 Å². The van der Waals surface area contributed by atoms with E-state index in [4.69, 9.17) is 4.42 Å². The Morgan fingerprint density at radius 3 is 3.29 bits per heavy atom. The Bertz CT molecular complexity index is 291.